The van der Waals surface area contributed by atoms with E-state index in [0.717, 1.165) is 4.88 Å². The van der Waals surface area contributed by atoms with Crippen molar-refractivity contribution in [2.75, 3.05) is 6.61 Å². The third-order valence-electron chi connectivity index (χ3n) is 1.73. The van der Waals surface area contributed by atoms with Gasteiger partial charge in [0.2, 0.25) is 5.01 Å². The van der Waals surface area contributed by atoms with Crippen molar-refractivity contribution in [2.24, 2.45) is 0 Å². The van der Waals surface area contributed by atoms with Crippen LogP contribution in [0.2, 0.25) is 0 Å². The third kappa shape index (κ3) is 3.18. The summed E-state index contributed by atoms with van der Waals surface area (Å²) in [5.74, 6) is -0.428. The van der Waals surface area contributed by atoms with Crippen LogP contribution in [0.3, 0.4) is 0 Å². The second-order valence-corrected chi connectivity index (χ2v) is 4.83. The highest BCUT2D eigenvalue weighted by molar-refractivity contribution is 7.14. The average molecular weight is 267 g/mol. The number of carbonyl (C=O) groups excluding carboxylic acids is 1. The number of ether oxygens (including phenoxy) is 1. The Balaban J connectivity index is 2.06. The van der Waals surface area contributed by atoms with Crippen molar-refractivity contribution in [3.05, 3.63) is 26.6 Å². The van der Waals surface area contributed by atoms with Crippen LogP contribution in [0.4, 0.5) is 0 Å². The Bertz CT molecular complexity index is 519. The highest BCUT2D eigenvalue weighted by Crippen LogP contribution is 2.15. The Morgan fingerprint density at radius 2 is 2.35 bits per heavy atom. The van der Waals surface area contributed by atoms with Crippen LogP contribution >= 0.6 is 22.7 Å². The molecule has 0 aliphatic carbocycles. The van der Waals surface area contributed by atoms with Gasteiger partial charge in [0, 0.05) is 11.1 Å². The first-order chi connectivity index (χ1) is 8.29. The molecule has 0 aliphatic rings. The molecule has 17 heavy (non-hydrogen) atoms. The minimum Gasteiger partial charge on any atom is -0.461 e. The van der Waals surface area contributed by atoms with Crippen LogP contribution in [-0.4, -0.2) is 27.8 Å². The molecule has 2 heterocycles. The summed E-state index contributed by atoms with van der Waals surface area (Å²) in [7, 11) is 0. The summed E-state index contributed by atoms with van der Waals surface area (Å²) in [5.41, 5.74) is 1.75. The molecular weight excluding hydrogens is 258 g/mol. The van der Waals surface area contributed by atoms with E-state index in [0.29, 0.717) is 11.6 Å². The lowest BCUT2D eigenvalue weighted by molar-refractivity contribution is 0.0525. The summed E-state index contributed by atoms with van der Waals surface area (Å²) in [5, 5.41) is 8.59. The topological polar surface area (TPSA) is 65.0 Å². The van der Waals surface area contributed by atoms with Crippen molar-refractivity contribution in [1.29, 1.82) is 0 Å². The van der Waals surface area contributed by atoms with Gasteiger partial charge in [-0.25, -0.2) is 4.79 Å². The summed E-state index contributed by atoms with van der Waals surface area (Å²) < 4.78 is 4.83. The van der Waals surface area contributed by atoms with E-state index >= 15 is 0 Å². The van der Waals surface area contributed by atoms with Gasteiger partial charge in [-0.3, -0.25) is 4.98 Å². The van der Waals surface area contributed by atoms with E-state index < -0.39 is 5.97 Å². The van der Waals surface area contributed by atoms with Crippen molar-refractivity contribution in [1.82, 2.24) is 15.2 Å². The Labute approximate surface area is 106 Å². The Morgan fingerprint density at radius 1 is 1.47 bits per heavy atom. The van der Waals surface area contributed by atoms with Crippen LogP contribution in [0.25, 0.3) is 12.2 Å². The normalized spacial score (nSPS) is 10.9. The summed E-state index contributed by atoms with van der Waals surface area (Å²) in [4.78, 5) is 16.3. The van der Waals surface area contributed by atoms with Gasteiger partial charge in [-0.05, 0) is 19.1 Å². The number of hydrogen-bond acceptors (Lipinski definition) is 7. The van der Waals surface area contributed by atoms with Crippen LogP contribution in [0, 0.1) is 0 Å². The number of hydrogen-bond donors (Lipinski definition) is 0. The maximum absolute atomic E-state index is 11.3. The van der Waals surface area contributed by atoms with Gasteiger partial charge >= 0.3 is 5.97 Å². The molecule has 0 N–H and O–H groups in total. The molecule has 0 spiro atoms. The molecule has 0 amide bonds. The van der Waals surface area contributed by atoms with Crippen molar-refractivity contribution >= 4 is 40.8 Å². The van der Waals surface area contributed by atoms with E-state index in [4.69, 9.17) is 4.74 Å². The van der Waals surface area contributed by atoms with E-state index in [9.17, 15) is 4.79 Å². The fraction of sp³-hybridized carbons (Fsp3) is 0.200. The van der Waals surface area contributed by atoms with Gasteiger partial charge in [-0.15, -0.1) is 21.5 Å². The van der Waals surface area contributed by atoms with Gasteiger partial charge < -0.3 is 4.74 Å². The molecule has 88 valence electrons. The summed E-state index contributed by atoms with van der Waals surface area (Å²) in [6.07, 6.45) is 5.44. The molecule has 5 nitrogen and oxygen atoms in total. The maximum atomic E-state index is 11.3. The van der Waals surface area contributed by atoms with Crippen LogP contribution < -0.4 is 0 Å². The minimum absolute atomic E-state index is 0.274. The number of esters is 1. The zero-order valence-corrected chi connectivity index (χ0v) is 10.6. The van der Waals surface area contributed by atoms with Crippen molar-refractivity contribution in [3.63, 3.8) is 0 Å². The lowest BCUT2D eigenvalue weighted by atomic mass is 10.4. The number of thiazole rings is 1. The maximum Gasteiger partial charge on any atom is 0.369 e. The van der Waals surface area contributed by atoms with E-state index in [1.807, 2.05) is 6.08 Å². The number of aromatic nitrogens is 3. The molecule has 0 saturated heterocycles. The van der Waals surface area contributed by atoms with E-state index in [1.165, 1.54) is 22.7 Å². The molecule has 0 aliphatic heterocycles. The van der Waals surface area contributed by atoms with Crippen molar-refractivity contribution in [2.45, 2.75) is 6.92 Å². The van der Waals surface area contributed by atoms with Gasteiger partial charge in [-0.1, -0.05) is 11.3 Å². The smallest absolute Gasteiger partial charge is 0.369 e. The summed E-state index contributed by atoms with van der Waals surface area (Å²) >= 11 is 2.73. The highest BCUT2D eigenvalue weighted by atomic mass is 32.1. The predicted octanol–water partition coefficient (Wildman–Crippen LogP) is 2.34. The average Bonchev–Trinajstić information content (AvgIpc) is 2.98. The Hall–Kier alpha value is -1.60. The SMILES string of the molecule is CCOC(=O)c1nnc(/C=C/c2cncs2)s1. The van der Waals surface area contributed by atoms with Crippen molar-refractivity contribution < 1.29 is 9.53 Å². The Morgan fingerprint density at radius 3 is 3.06 bits per heavy atom. The molecule has 0 unspecified atom stereocenters. The summed E-state index contributed by atoms with van der Waals surface area (Å²) in [6.45, 7) is 2.09. The quantitative estimate of drug-likeness (QED) is 0.795. The Kier molecular flexibility index (Phi) is 3.94. The van der Waals surface area contributed by atoms with Crippen LogP contribution in [0.15, 0.2) is 11.7 Å². The molecule has 2 rings (SSSR count). The second-order valence-electron chi connectivity index (χ2n) is 2.90. The first-order valence-corrected chi connectivity index (χ1v) is 6.56. The molecule has 0 fully saturated rings. The monoisotopic (exact) mass is 267 g/mol. The summed E-state index contributed by atoms with van der Waals surface area (Å²) in [6, 6.07) is 0. The van der Waals surface area contributed by atoms with Gasteiger partial charge in [0.1, 0.15) is 5.01 Å². The fourth-order valence-electron chi connectivity index (χ4n) is 1.04. The molecule has 0 atom stereocenters. The van der Waals surface area contributed by atoms with Gasteiger partial charge in [0.25, 0.3) is 0 Å². The fourth-order valence-corrected chi connectivity index (χ4v) is 2.19. The molecule has 2 aromatic heterocycles. The van der Waals surface area contributed by atoms with E-state index in [2.05, 4.69) is 15.2 Å². The van der Waals surface area contributed by atoms with E-state index in [1.54, 1.807) is 24.7 Å². The molecule has 0 radical (unpaired) electrons. The van der Waals surface area contributed by atoms with Gasteiger partial charge in [-0.2, -0.15) is 0 Å². The molecular formula is C10H9N3O2S2. The predicted molar refractivity (Wildman–Crippen MR) is 66.9 cm³/mol. The van der Waals surface area contributed by atoms with Crippen LogP contribution in [0.5, 0.6) is 0 Å². The lowest BCUT2D eigenvalue weighted by Gasteiger charge is -1.93. The van der Waals surface area contributed by atoms with Crippen molar-refractivity contribution in [3.8, 4) is 0 Å². The second kappa shape index (κ2) is 5.65. The van der Waals surface area contributed by atoms with Gasteiger partial charge in [0.05, 0.1) is 12.1 Å². The number of carbonyl (C=O) groups is 1. The van der Waals surface area contributed by atoms with Crippen LogP contribution in [-0.2, 0) is 4.74 Å². The van der Waals surface area contributed by atoms with Crippen LogP contribution in [0.1, 0.15) is 26.6 Å². The number of rotatable bonds is 4. The third-order valence-corrected chi connectivity index (χ3v) is 3.34. The standard InChI is InChI=1S/C10H9N3O2S2/c1-2-15-10(14)9-13-12-8(17-9)4-3-7-5-11-6-16-7/h3-6H,2H2,1H3/b4-3+. The highest BCUT2D eigenvalue weighted by Gasteiger charge is 2.12. The molecule has 0 aromatic carbocycles. The zero-order chi connectivity index (χ0) is 12.1. The minimum atomic E-state index is -0.428. The molecule has 7 heteroatoms. The van der Waals surface area contributed by atoms with E-state index in [-0.39, 0.29) is 5.01 Å². The lowest BCUT2D eigenvalue weighted by Crippen LogP contribution is -2.03. The first kappa shape index (κ1) is 11.9. The van der Waals surface area contributed by atoms with Gasteiger partial charge in [0.15, 0.2) is 0 Å². The molecule has 2 aromatic rings. The largest absolute Gasteiger partial charge is 0.461 e. The molecule has 0 saturated carbocycles. The zero-order valence-electron chi connectivity index (χ0n) is 8.99. The first-order valence-electron chi connectivity index (χ1n) is 4.87. The number of nitrogens with zero attached hydrogens (tertiary/aromatic N) is 3. The molecule has 0 bridgehead atoms.